The number of amides is 1. The van der Waals surface area contributed by atoms with E-state index in [2.05, 4.69) is 4.98 Å². The number of methoxy groups -OCH3 is 1. The van der Waals surface area contributed by atoms with Crippen LogP contribution in [0.25, 0.3) is 10.9 Å². The van der Waals surface area contributed by atoms with Gasteiger partial charge < -0.3 is 9.47 Å². The van der Waals surface area contributed by atoms with Crippen LogP contribution in [0.3, 0.4) is 0 Å². The number of ether oxygens (including phenoxy) is 2. The molecule has 2 heterocycles. The van der Waals surface area contributed by atoms with Crippen LogP contribution in [0.5, 0.6) is 5.75 Å². The minimum Gasteiger partial charge on any atom is -0.494 e. The molecule has 1 fully saturated rings. The van der Waals surface area contributed by atoms with E-state index in [-0.39, 0.29) is 12.4 Å². The standard InChI is InChI=1S/C21H17FN2O4/c1-27-20-15(12-25)10-18(24-6-7-28-21(24)26)17-9-14(11-23-19(17)20)8-13-2-4-16(22)5-3-13/h2-5,9-12H,6-8H2,1H3. The summed E-state index contributed by atoms with van der Waals surface area (Å²) in [4.78, 5) is 29.6. The summed E-state index contributed by atoms with van der Waals surface area (Å²) in [6, 6.07) is 9.78. The third kappa shape index (κ3) is 3.15. The second kappa shape index (κ2) is 7.26. The van der Waals surface area contributed by atoms with Gasteiger partial charge in [0.05, 0.1) is 24.9 Å². The fraction of sp³-hybridized carbons (Fsp3) is 0.190. The Kier molecular flexibility index (Phi) is 4.65. The Morgan fingerprint density at radius 1 is 1.25 bits per heavy atom. The number of fused-ring (bicyclic) bond motifs is 1. The van der Waals surface area contributed by atoms with Crippen molar-refractivity contribution < 1.29 is 23.5 Å². The van der Waals surface area contributed by atoms with Gasteiger partial charge in [-0.15, -0.1) is 0 Å². The molecule has 0 aliphatic carbocycles. The maximum absolute atomic E-state index is 13.1. The number of benzene rings is 2. The molecule has 1 aliphatic rings. The highest BCUT2D eigenvalue weighted by Crippen LogP contribution is 2.37. The van der Waals surface area contributed by atoms with E-state index in [0.717, 1.165) is 11.1 Å². The first-order valence-electron chi connectivity index (χ1n) is 8.74. The number of pyridine rings is 1. The summed E-state index contributed by atoms with van der Waals surface area (Å²) in [7, 11) is 1.47. The Bertz CT molecular complexity index is 1070. The molecule has 0 bridgehead atoms. The lowest BCUT2D eigenvalue weighted by molar-refractivity contribution is 0.112. The van der Waals surface area contributed by atoms with Gasteiger partial charge in [-0.3, -0.25) is 14.7 Å². The van der Waals surface area contributed by atoms with E-state index in [1.54, 1.807) is 24.4 Å². The molecule has 0 radical (unpaired) electrons. The number of nitrogens with zero attached hydrogens (tertiary/aromatic N) is 2. The molecule has 3 aromatic rings. The average molecular weight is 380 g/mol. The molecule has 1 aromatic heterocycles. The molecule has 142 valence electrons. The van der Waals surface area contributed by atoms with E-state index in [1.165, 1.54) is 24.1 Å². The number of hydrogen-bond acceptors (Lipinski definition) is 5. The predicted octanol–water partition coefficient (Wildman–Crippen LogP) is 3.74. The SMILES string of the molecule is COc1c(C=O)cc(N2CCOC2=O)c2cc(Cc3ccc(F)cc3)cnc12. The molecule has 6 nitrogen and oxygen atoms in total. The van der Waals surface area contributed by atoms with Gasteiger partial charge in [-0.1, -0.05) is 12.1 Å². The summed E-state index contributed by atoms with van der Waals surface area (Å²) < 4.78 is 23.6. The fourth-order valence-electron chi connectivity index (χ4n) is 3.38. The van der Waals surface area contributed by atoms with Crippen LogP contribution in [-0.4, -0.2) is 37.6 Å². The Morgan fingerprint density at radius 2 is 2.04 bits per heavy atom. The van der Waals surface area contributed by atoms with Gasteiger partial charge in [0.25, 0.3) is 0 Å². The van der Waals surface area contributed by atoms with Crippen LogP contribution in [0.4, 0.5) is 14.9 Å². The van der Waals surface area contributed by atoms with Crippen LogP contribution >= 0.6 is 0 Å². The van der Waals surface area contributed by atoms with Crippen molar-refractivity contribution in [2.75, 3.05) is 25.2 Å². The molecule has 1 amide bonds. The van der Waals surface area contributed by atoms with Crippen molar-refractivity contribution in [1.82, 2.24) is 4.98 Å². The Morgan fingerprint density at radius 3 is 2.68 bits per heavy atom. The lowest BCUT2D eigenvalue weighted by Gasteiger charge is -2.18. The van der Waals surface area contributed by atoms with Crippen molar-refractivity contribution in [3.05, 3.63) is 65.1 Å². The van der Waals surface area contributed by atoms with Gasteiger partial charge in [0.2, 0.25) is 0 Å². The minimum absolute atomic E-state index is 0.283. The number of anilines is 1. The first-order valence-corrected chi connectivity index (χ1v) is 8.74. The Balaban J connectivity index is 1.86. The molecule has 0 atom stereocenters. The van der Waals surface area contributed by atoms with Crippen molar-refractivity contribution in [2.24, 2.45) is 0 Å². The maximum atomic E-state index is 13.1. The van der Waals surface area contributed by atoms with E-state index in [9.17, 15) is 14.0 Å². The zero-order valence-electron chi connectivity index (χ0n) is 15.1. The number of carbonyl (C=O) groups is 2. The highest BCUT2D eigenvalue weighted by Gasteiger charge is 2.27. The van der Waals surface area contributed by atoms with Crippen molar-refractivity contribution in [3.8, 4) is 5.75 Å². The molecule has 1 aliphatic heterocycles. The van der Waals surface area contributed by atoms with Gasteiger partial charge in [0, 0.05) is 11.6 Å². The second-order valence-electron chi connectivity index (χ2n) is 6.45. The van der Waals surface area contributed by atoms with E-state index in [1.807, 2.05) is 6.07 Å². The Hall–Kier alpha value is -3.48. The first kappa shape index (κ1) is 17.9. The Labute approximate surface area is 160 Å². The number of carbonyl (C=O) groups excluding carboxylic acids is 2. The summed E-state index contributed by atoms with van der Waals surface area (Å²) in [6.45, 7) is 0.673. The van der Waals surface area contributed by atoms with Gasteiger partial charge >= 0.3 is 6.09 Å². The van der Waals surface area contributed by atoms with Crippen LogP contribution in [0, 0.1) is 5.82 Å². The summed E-state index contributed by atoms with van der Waals surface area (Å²) in [5, 5.41) is 0.681. The van der Waals surface area contributed by atoms with E-state index < -0.39 is 6.09 Å². The van der Waals surface area contributed by atoms with Gasteiger partial charge in [-0.25, -0.2) is 9.18 Å². The quantitative estimate of drug-likeness (QED) is 0.631. The third-order valence-electron chi connectivity index (χ3n) is 4.69. The molecule has 4 rings (SSSR count). The van der Waals surface area contributed by atoms with Gasteiger partial charge in [0.1, 0.15) is 17.9 Å². The zero-order chi connectivity index (χ0) is 19.7. The van der Waals surface area contributed by atoms with Crippen LogP contribution in [0.1, 0.15) is 21.5 Å². The molecule has 1 saturated heterocycles. The van der Waals surface area contributed by atoms with E-state index in [0.29, 0.717) is 47.2 Å². The normalized spacial score (nSPS) is 13.6. The molecular weight excluding hydrogens is 363 g/mol. The number of rotatable bonds is 5. The number of halogens is 1. The molecule has 28 heavy (non-hydrogen) atoms. The zero-order valence-corrected chi connectivity index (χ0v) is 15.1. The van der Waals surface area contributed by atoms with E-state index >= 15 is 0 Å². The fourth-order valence-corrected chi connectivity index (χ4v) is 3.38. The van der Waals surface area contributed by atoms with Crippen molar-refractivity contribution in [2.45, 2.75) is 6.42 Å². The average Bonchev–Trinajstić information content (AvgIpc) is 3.14. The number of aromatic nitrogens is 1. The highest BCUT2D eigenvalue weighted by atomic mass is 19.1. The predicted molar refractivity (Wildman–Crippen MR) is 102 cm³/mol. The van der Waals surface area contributed by atoms with E-state index in [4.69, 9.17) is 9.47 Å². The van der Waals surface area contributed by atoms with Gasteiger partial charge in [-0.05, 0) is 41.8 Å². The third-order valence-corrected chi connectivity index (χ3v) is 4.69. The monoisotopic (exact) mass is 380 g/mol. The largest absolute Gasteiger partial charge is 0.494 e. The van der Waals surface area contributed by atoms with Gasteiger partial charge in [-0.2, -0.15) is 0 Å². The number of aldehydes is 1. The van der Waals surface area contributed by atoms with Crippen molar-refractivity contribution in [3.63, 3.8) is 0 Å². The summed E-state index contributed by atoms with van der Waals surface area (Å²) in [5.74, 6) is 0.0657. The summed E-state index contributed by atoms with van der Waals surface area (Å²) in [5.41, 5.74) is 3.16. The van der Waals surface area contributed by atoms with Crippen molar-refractivity contribution in [1.29, 1.82) is 0 Å². The first-order chi connectivity index (χ1) is 13.6. The van der Waals surface area contributed by atoms with Crippen LogP contribution in [0.2, 0.25) is 0 Å². The molecule has 2 aromatic carbocycles. The molecule has 0 saturated carbocycles. The molecule has 0 N–H and O–H groups in total. The minimum atomic E-state index is -0.466. The highest BCUT2D eigenvalue weighted by molar-refractivity contribution is 6.06. The van der Waals surface area contributed by atoms with Crippen molar-refractivity contribution >= 4 is 29.0 Å². The molecule has 0 unspecified atom stereocenters. The smallest absolute Gasteiger partial charge is 0.414 e. The topological polar surface area (TPSA) is 68.7 Å². The summed E-state index contributed by atoms with van der Waals surface area (Å²) >= 11 is 0. The van der Waals surface area contributed by atoms with Crippen LogP contribution in [0.15, 0.2) is 42.6 Å². The number of cyclic esters (lactones) is 1. The lowest BCUT2D eigenvalue weighted by atomic mass is 10.0. The summed E-state index contributed by atoms with van der Waals surface area (Å²) in [6.07, 6.45) is 2.45. The molecule has 0 spiro atoms. The lowest BCUT2D eigenvalue weighted by Crippen LogP contribution is -2.24. The number of hydrogen-bond donors (Lipinski definition) is 0. The van der Waals surface area contributed by atoms with Crippen LogP contribution in [-0.2, 0) is 11.2 Å². The van der Waals surface area contributed by atoms with Gasteiger partial charge in [0.15, 0.2) is 12.0 Å². The van der Waals surface area contributed by atoms with Crippen LogP contribution < -0.4 is 9.64 Å². The molecular formula is C21H17FN2O4. The molecule has 7 heteroatoms. The maximum Gasteiger partial charge on any atom is 0.414 e. The second-order valence-corrected chi connectivity index (χ2v) is 6.45.